The summed E-state index contributed by atoms with van der Waals surface area (Å²) in [7, 11) is 0. The Morgan fingerprint density at radius 2 is 1.91 bits per heavy atom. The molecule has 0 spiro atoms. The molecule has 0 saturated heterocycles. The van der Waals surface area contributed by atoms with E-state index in [2.05, 4.69) is 9.97 Å². The molecule has 2 heterocycles. The smallest absolute Gasteiger partial charge is 0.257 e. The van der Waals surface area contributed by atoms with Gasteiger partial charge in [-0.25, -0.2) is 28.1 Å². The highest BCUT2D eigenvalue weighted by Crippen LogP contribution is 2.19. The second-order valence-electron chi connectivity index (χ2n) is 4.74. The molecule has 112 valence electrons. The average molecular weight is 302 g/mol. The van der Waals surface area contributed by atoms with Crippen LogP contribution in [0.1, 0.15) is 13.8 Å². The molecule has 0 aliphatic heterocycles. The molecule has 3 rings (SSSR count). The van der Waals surface area contributed by atoms with Crippen molar-refractivity contribution in [1.82, 2.24) is 19.1 Å². The van der Waals surface area contributed by atoms with Crippen molar-refractivity contribution in [2.75, 3.05) is 0 Å². The molecule has 0 amide bonds. The van der Waals surface area contributed by atoms with Crippen molar-refractivity contribution in [2.24, 2.45) is 0 Å². The van der Waals surface area contributed by atoms with Gasteiger partial charge in [-0.1, -0.05) is 6.08 Å². The summed E-state index contributed by atoms with van der Waals surface area (Å²) in [4.78, 5) is 20.7. The Balaban J connectivity index is 2.45. The van der Waals surface area contributed by atoms with Crippen LogP contribution >= 0.6 is 0 Å². The standard InChI is InChI=1S/C15H12F2N4O/c1-3-9(2)20-14-13(7-18-8-19-14)21(15(20)22)12-5-10(16)4-11(17)6-12/h3-8H,1-2H3/b9-3-. The van der Waals surface area contributed by atoms with Crippen molar-refractivity contribution >= 4 is 16.9 Å². The monoisotopic (exact) mass is 302 g/mol. The van der Waals surface area contributed by atoms with Gasteiger partial charge in [-0.05, 0) is 26.0 Å². The van der Waals surface area contributed by atoms with Crippen molar-refractivity contribution in [3.63, 3.8) is 0 Å². The molecule has 1 aromatic carbocycles. The summed E-state index contributed by atoms with van der Waals surface area (Å²) in [5.74, 6) is -1.52. The zero-order valence-corrected chi connectivity index (χ0v) is 11.9. The molecule has 22 heavy (non-hydrogen) atoms. The van der Waals surface area contributed by atoms with Crippen molar-refractivity contribution in [1.29, 1.82) is 0 Å². The zero-order chi connectivity index (χ0) is 15.9. The number of imidazole rings is 1. The average Bonchev–Trinajstić information content (AvgIpc) is 2.77. The first-order valence-corrected chi connectivity index (χ1v) is 6.56. The second-order valence-corrected chi connectivity index (χ2v) is 4.74. The second kappa shape index (κ2) is 5.18. The molecule has 0 atom stereocenters. The van der Waals surface area contributed by atoms with Crippen LogP contribution in [0.4, 0.5) is 8.78 Å². The van der Waals surface area contributed by atoms with E-state index in [9.17, 15) is 13.6 Å². The van der Waals surface area contributed by atoms with Gasteiger partial charge in [0, 0.05) is 11.8 Å². The third-order valence-corrected chi connectivity index (χ3v) is 3.38. The van der Waals surface area contributed by atoms with Crippen molar-refractivity contribution in [2.45, 2.75) is 13.8 Å². The molecule has 3 aromatic rings. The maximum Gasteiger partial charge on any atom is 0.339 e. The third kappa shape index (κ3) is 2.11. The first-order valence-electron chi connectivity index (χ1n) is 6.56. The van der Waals surface area contributed by atoms with E-state index in [0.29, 0.717) is 16.9 Å². The van der Waals surface area contributed by atoms with Crippen LogP contribution in [0.15, 0.2) is 41.6 Å². The lowest BCUT2D eigenvalue weighted by Gasteiger charge is -2.03. The molecule has 7 heteroatoms. The number of aromatic nitrogens is 4. The van der Waals surface area contributed by atoms with Crippen LogP contribution in [0.5, 0.6) is 0 Å². The van der Waals surface area contributed by atoms with Gasteiger partial charge in [-0.15, -0.1) is 0 Å². The molecular weight excluding hydrogens is 290 g/mol. The minimum atomic E-state index is -0.762. The Kier molecular flexibility index (Phi) is 3.32. The van der Waals surface area contributed by atoms with Gasteiger partial charge in [-0.2, -0.15) is 0 Å². The van der Waals surface area contributed by atoms with Gasteiger partial charge in [0.05, 0.1) is 11.9 Å². The first kappa shape index (κ1) is 14.1. The normalized spacial score (nSPS) is 12.1. The van der Waals surface area contributed by atoms with E-state index >= 15 is 0 Å². The summed E-state index contributed by atoms with van der Waals surface area (Å²) in [6.07, 6.45) is 4.50. The quantitative estimate of drug-likeness (QED) is 0.731. The lowest BCUT2D eigenvalue weighted by molar-refractivity contribution is 0.581. The highest BCUT2D eigenvalue weighted by molar-refractivity contribution is 5.76. The lowest BCUT2D eigenvalue weighted by Crippen LogP contribution is -2.22. The van der Waals surface area contributed by atoms with Crippen LogP contribution in [0, 0.1) is 11.6 Å². The van der Waals surface area contributed by atoms with Crippen LogP contribution in [-0.4, -0.2) is 19.1 Å². The van der Waals surface area contributed by atoms with E-state index in [1.54, 1.807) is 19.9 Å². The summed E-state index contributed by atoms with van der Waals surface area (Å²) < 4.78 is 29.5. The van der Waals surface area contributed by atoms with Crippen molar-refractivity contribution < 1.29 is 8.78 Å². The van der Waals surface area contributed by atoms with Crippen molar-refractivity contribution in [3.8, 4) is 5.69 Å². The molecule has 0 aliphatic carbocycles. The van der Waals surface area contributed by atoms with E-state index in [1.165, 1.54) is 21.7 Å². The molecule has 0 aliphatic rings. The summed E-state index contributed by atoms with van der Waals surface area (Å²) in [6, 6.07) is 2.93. The molecule has 5 nitrogen and oxygen atoms in total. The molecule has 0 N–H and O–H groups in total. The van der Waals surface area contributed by atoms with Crippen molar-refractivity contribution in [3.05, 3.63) is 58.9 Å². The molecule has 2 aromatic heterocycles. The van der Waals surface area contributed by atoms with Crippen LogP contribution in [-0.2, 0) is 0 Å². The predicted octanol–water partition coefficient (Wildman–Crippen LogP) is 2.74. The Bertz CT molecular complexity index is 936. The maximum atomic E-state index is 13.5. The number of rotatable bonds is 2. The fourth-order valence-corrected chi connectivity index (χ4v) is 2.30. The van der Waals surface area contributed by atoms with E-state index in [1.807, 2.05) is 0 Å². The first-order chi connectivity index (χ1) is 10.5. The number of benzene rings is 1. The fraction of sp³-hybridized carbons (Fsp3) is 0.133. The number of halogens is 2. The number of fused-ring (bicyclic) bond motifs is 1. The summed E-state index contributed by atoms with van der Waals surface area (Å²) in [5, 5.41) is 0. The van der Waals surface area contributed by atoms with Gasteiger partial charge >= 0.3 is 5.69 Å². The Morgan fingerprint density at radius 1 is 1.23 bits per heavy atom. The molecule has 0 bridgehead atoms. The van der Waals surface area contributed by atoms with Crippen LogP contribution in [0.2, 0.25) is 0 Å². The molecule has 0 saturated carbocycles. The fourth-order valence-electron chi connectivity index (χ4n) is 2.30. The summed E-state index contributed by atoms with van der Waals surface area (Å²) >= 11 is 0. The highest BCUT2D eigenvalue weighted by Gasteiger charge is 2.17. The molecule has 0 radical (unpaired) electrons. The lowest BCUT2D eigenvalue weighted by atomic mass is 10.3. The van der Waals surface area contributed by atoms with Gasteiger partial charge in [0.1, 0.15) is 23.5 Å². The van der Waals surface area contributed by atoms with Gasteiger partial charge in [-0.3, -0.25) is 4.57 Å². The van der Waals surface area contributed by atoms with Crippen LogP contribution in [0.25, 0.3) is 22.5 Å². The van der Waals surface area contributed by atoms with E-state index in [-0.39, 0.29) is 5.69 Å². The minimum absolute atomic E-state index is 0.0879. The van der Waals surface area contributed by atoms with E-state index < -0.39 is 17.3 Å². The molecule has 0 fully saturated rings. The summed E-state index contributed by atoms with van der Waals surface area (Å²) in [5.41, 5.74) is 1.03. The largest absolute Gasteiger partial charge is 0.339 e. The Labute approximate surface area is 124 Å². The Morgan fingerprint density at radius 3 is 2.55 bits per heavy atom. The van der Waals surface area contributed by atoms with Crippen LogP contribution in [0.3, 0.4) is 0 Å². The van der Waals surface area contributed by atoms with Gasteiger partial charge in [0.15, 0.2) is 5.65 Å². The highest BCUT2D eigenvalue weighted by atomic mass is 19.1. The van der Waals surface area contributed by atoms with E-state index in [0.717, 1.165) is 18.2 Å². The van der Waals surface area contributed by atoms with Gasteiger partial charge < -0.3 is 0 Å². The number of nitrogens with zero attached hydrogens (tertiary/aromatic N) is 4. The number of hydrogen-bond donors (Lipinski definition) is 0. The predicted molar refractivity (Wildman–Crippen MR) is 78.7 cm³/mol. The van der Waals surface area contributed by atoms with Gasteiger partial charge in [0.2, 0.25) is 0 Å². The third-order valence-electron chi connectivity index (χ3n) is 3.38. The Hall–Kier alpha value is -2.83. The molecule has 0 unspecified atom stereocenters. The van der Waals surface area contributed by atoms with E-state index in [4.69, 9.17) is 0 Å². The zero-order valence-electron chi connectivity index (χ0n) is 11.9. The summed E-state index contributed by atoms with van der Waals surface area (Å²) in [6.45, 7) is 3.54. The van der Waals surface area contributed by atoms with Crippen LogP contribution < -0.4 is 5.69 Å². The molecular formula is C15H12F2N4O. The number of hydrogen-bond acceptors (Lipinski definition) is 3. The maximum absolute atomic E-state index is 13.5. The topological polar surface area (TPSA) is 52.7 Å². The number of allylic oxidation sites excluding steroid dienone is 2. The minimum Gasteiger partial charge on any atom is -0.257 e. The SMILES string of the molecule is C/C=C(/C)n1c(=O)n(-c2cc(F)cc(F)c2)c2cncnc21. The van der Waals surface area contributed by atoms with Gasteiger partial charge in [0.25, 0.3) is 0 Å².